The van der Waals surface area contributed by atoms with E-state index in [4.69, 9.17) is 0 Å². The molecule has 30 rings (SSSR count). The average molecular weight is 1910 g/mol. The SMILES string of the molecule is Cc1ccc2c(c1)c1cc(C)ccc1n2-c1cccc2c1sc1c(-c3ccccc3)ccc(-c3ccc4c(c3)sc3ccccc34)c12.Cc1ccc2c(c1)c1cc(C)ccc1n2-c1cccc2c1sc1c(-c3ccccc3)ccc(-c3ccc4sc5ccccc5c4c3)c12.Cc1ccc2c(c1)c1cc(C)ccc1n2-c1cccc2c1sc1c(-c3ccccc3)ccc(-c3cccc4c3sc3ccccc34)c12. The highest BCUT2D eigenvalue weighted by atomic mass is 32.1. The Balaban J connectivity index is 0.000000104. The zero-order chi connectivity index (χ0) is 93.7. The van der Waals surface area contributed by atoms with Gasteiger partial charge in [0.1, 0.15) is 0 Å². The number of rotatable bonds is 9. The van der Waals surface area contributed by atoms with Gasteiger partial charge in [0, 0.05) is 145 Å². The van der Waals surface area contributed by atoms with Gasteiger partial charge in [-0.25, -0.2) is 0 Å². The lowest BCUT2D eigenvalue weighted by Crippen LogP contribution is -1.94. The first-order chi connectivity index (χ1) is 69.4. The van der Waals surface area contributed by atoms with Crippen molar-refractivity contribution in [2.45, 2.75) is 41.5 Å². The van der Waals surface area contributed by atoms with Crippen molar-refractivity contribution in [3.8, 4) is 83.8 Å². The first-order valence-electron chi connectivity index (χ1n) is 48.3. The Labute approximate surface area is 838 Å². The lowest BCUT2D eigenvalue weighted by molar-refractivity contribution is 1.20. The maximum absolute atomic E-state index is 2.50. The van der Waals surface area contributed by atoms with E-state index >= 15 is 0 Å². The van der Waals surface area contributed by atoms with Crippen molar-refractivity contribution in [3.63, 3.8) is 0 Å². The summed E-state index contributed by atoms with van der Waals surface area (Å²) in [6.07, 6.45) is 0. The summed E-state index contributed by atoms with van der Waals surface area (Å²) < 4.78 is 23.5. The second-order valence-corrected chi connectivity index (χ2v) is 44.3. The largest absolute Gasteiger partial charge is 0.308 e. The minimum atomic E-state index is 1.24. The number of hydrogen-bond acceptors (Lipinski definition) is 6. The highest BCUT2D eigenvalue weighted by Gasteiger charge is 2.28. The molecule has 0 aliphatic heterocycles. The van der Waals surface area contributed by atoms with Crippen LogP contribution in [0.25, 0.3) is 270 Å². The molecule has 141 heavy (non-hydrogen) atoms. The van der Waals surface area contributed by atoms with Gasteiger partial charge in [-0.2, -0.15) is 0 Å². The third kappa shape index (κ3) is 13.4. The van der Waals surface area contributed by atoms with Crippen molar-refractivity contribution in [1.82, 2.24) is 13.7 Å². The van der Waals surface area contributed by atoms with Gasteiger partial charge in [0.15, 0.2) is 0 Å². The normalized spacial score (nSPS) is 12.0. The number of fused-ring (bicyclic) bond motifs is 27. The van der Waals surface area contributed by atoms with Crippen molar-refractivity contribution in [2.75, 3.05) is 0 Å². The summed E-state index contributed by atoms with van der Waals surface area (Å²) in [5.41, 5.74) is 34.2. The standard InChI is InChI=1S/3C44H29NS2/c1-26-18-22-37-35(24-26)36-25-27(2)19-23-38(36)45(37)39-16-9-15-34-41-31(21-20-29(44(41)47-43(34)39)28-10-4-3-5-11-28)33-14-8-13-32-30-12-6-7-17-40(30)46-42(32)33;1-26-15-20-37-34(23-26)35-24-27(2)16-21-38(35)45(37)39-13-8-12-33-42-30(18-19-31(44(42)47-43(33)39)28-9-4-3-5-10-28)29-17-22-41-36(25-29)32-11-6-7-14-40(32)46-41;1-26-15-21-37-35(23-26)36-24-27(2)16-22-38(36)45(37)39-13-8-12-34-42-30(19-20-31(44(42)47-43(34)39)28-9-4-3-5-10-28)29-17-18-33-32-11-6-7-14-40(32)46-41(33)25-29/h3*3-25H,1-2H3. The molecule has 0 spiro atoms. The van der Waals surface area contributed by atoms with Crippen LogP contribution in [0, 0.1) is 41.5 Å². The molecule has 0 atom stereocenters. The van der Waals surface area contributed by atoms with Crippen LogP contribution in [0.2, 0.25) is 0 Å². The Morgan fingerprint density at radius 2 is 0.433 bits per heavy atom. The van der Waals surface area contributed by atoms with Crippen LogP contribution in [-0.4, -0.2) is 13.7 Å². The molecule has 30 aromatic rings. The van der Waals surface area contributed by atoms with Gasteiger partial charge in [-0.05, 0) is 230 Å². The third-order valence-electron chi connectivity index (χ3n) is 29.2. The highest BCUT2D eigenvalue weighted by molar-refractivity contribution is 7.29. The molecule has 21 aromatic carbocycles. The molecular formula is C132H87N3S6. The fourth-order valence-electron chi connectivity index (χ4n) is 22.7. The lowest BCUT2D eigenvalue weighted by atomic mass is 9.94. The average Bonchev–Trinajstić information content (AvgIpc) is 1.57. The van der Waals surface area contributed by atoms with E-state index in [1.54, 1.807) is 0 Å². The van der Waals surface area contributed by atoms with Crippen LogP contribution in [0.1, 0.15) is 33.4 Å². The fraction of sp³-hybridized carbons (Fsp3) is 0.0455. The summed E-state index contributed by atoms with van der Waals surface area (Å²) in [6, 6.07) is 156. The summed E-state index contributed by atoms with van der Waals surface area (Å²) in [7, 11) is 0. The van der Waals surface area contributed by atoms with Gasteiger partial charge in [0.05, 0.1) is 64.3 Å². The van der Waals surface area contributed by atoms with Gasteiger partial charge in [0.25, 0.3) is 0 Å². The molecule has 0 fully saturated rings. The van der Waals surface area contributed by atoms with E-state index in [2.05, 4.69) is 474 Å². The number of aromatic nitrogens is 3. The van der Waals surface area contributed by atoms with Gasteiger partial charge in [0.2, 0.25) is 0 Å². The first kappa shape index (κ1) is 83.5. The van der Waals surface area contributed by atoms with Gasteiger partial charge >= 0.3 is 0 Å². The maximum Gasteiger partial charge on any atom is 0.0640 e. The van der Waals surface area contributed by atoms with E-state index in [-0.39, 0.29) is 0 Å². The van der Waals surface area contributed by atoms with Crippen molar-refractivity contribution < 1.29 is 0 Å². The molecule has 3 nitrogen and oxygen atoms in total. The quantitative estimate of drug-likeness (QED) is 0.137. The summed E-state index contributed by atoms with van der Waals surface area (Å²) in [6.45, 7) is 13.1. The van der Waals surface area contributed by atoms with Crippen LogP contribution in [0.3, 0.4) is 0 Å². The first-order valence-corrected chi connectivity index (χ1v) is 53.2. The summed E-state index contributed by atoms with van der Waals surface area (Å²) in [5, 5.41) is 23.8. The molecule has 0 unspecified atom stereocenters. The predicted molar refractivity (Wildman–Crippen MR) is 621 cm³/mol. The van der Waals surface area contributed by atoms with Crippen molar-refractivity contribution in [3.05, 3.63) is 452 Å². The molecule has 0 amide bonds. The second kappa shape index (κ2) is 33.0. The smallest absolute Gasteiger partial charge is 0.0640 e. The molecule has 0 N–H and O–H groups in total. The van der Waals surface area contributed by atoms with E-state index < -0.39 is 0 Å². The van der Waals surface area contributed by atoms with E-state index in [1.807, 2.05) is 68.0 Å². The molecule has 0 saturated heterocycles. The van der Waals surface area contributed by atoms with E-state index in [9.17, 15) is 0 Å². The second-order valence-electron chi connectivity index (χ2n) is 38.0. The Kier molecular flexibility index (Phi) is 19.6. The molecule has 9 heteroatoms. The fourth-order valence-corrected chi connectivity index (χ4v) is 30.3. The number of hydrogen-bond donors (Lipinski definition) is 0. The van der Waals surface area contributed by atoms with E-state index in [0.717, 1.165) is 0 Å². The van der Waals surface area contributed by atoms with Gasteiger partial charge in [-0.3, -0.25) is 0 Å². The molecule has 0 saturated carbocycles. The molecular weight excluding hydrogens is 1820 g/mol. The molecule has 0 bridgehead atoms. The van der Waals surface area contributed by atoms with Crippen molar-refractivity contribution in [1.29, 1.82) is 0 Å². The molecule has 666 valence electrons. The van der Waals surface area contributed by atoms with E-state index in [1.165, 1.54) is 304 Å². The molecule has 0 aliphatic rings. The molecule has 0 radical (unpaired) electrons. The predicted octanol–water partition coefficient (Wildman–Crippen LogP) is 40.4. The summed E-state index contributed by atoms with van der Waals surface area (Å²) in [5.74, 6) is 0. The highest BCUT2D eigenvalue weighted by Crippen LogP contribution is 2.55. The minimum Gasteiger partial charge on any atom is -0.308 e. The van der Waals surface area contributed by atoms with Crippen molar-refractivity contribution in [2.24, 2.45) is 0 Å². The van der Waals surface area contributed by atoms with E-state index in [0.29, 0.717) is 0 Å². The number of nitrogens with zero attached hydrogens (tertiary/aromatic N) is 3. The maximum atomic E-state index is 2.50. The Morgan fingerprint density at radius 1 is 0.142 bits per heavy atom. The summed E-state index contributed by atoms with van der Waals surface area (Å²) in [4.78, 5) is 0. The number of aryl methyl sites for hydroxylation is 6. The lowest BCUT2D eigenvalue weighted by Gasteiger charge is -2.11. The molecule has 9 heterocycles. The molecule has 0 aliphatic carbocycles. The zero-order valence-electron chi connectivity index (χ0n) is 78.1. The van der Waals surface area contributed by atoms with Crippen LogP contribution >= 0.6 is 68.0 Å². The van der Waals surface area contributed by atoms with Gasteiger partial charge in [-0.15, -0.1) is 68.0 Å². The van der Waals surface area contributed by atoms with Crippen LogP contribution in [0.15, 0.2) is 419 Å². The number of thiophene rings is 6. The monoisotopic (exact) mass is 1910 g/mol. The van der Waals surface area contributed by atoms with Crippen LogP contribution in [0.5, 0.6) is 0 Å². The van der Waals surface area contributed by atoms with Crippen molar-refractivity contribution >= 4 is 254 Å². The zero-order valence-corrected chi connectivity index (χ0v) is 83.0. The van der Waals surface area contributed by atoms with Gasteiger partial charge < -0.3 is 13.7 Å². The topological polar surface area (TPSA) is 14.8 Å². The Bertz CT molecular complexity index is 10300. The van der Waals surface area contributed by atoms with Crippen LogP contribution in [-0.2, 0) is 0 Å². The Morgan fingerprint density at radius 3 is 0.837 bits per heavy atom. The minimum absolute atomic E-state index is 1.24. The van der Waals surface area contributed by atoms with Crippen LogP contribution < -0.4 is 0 Å². The number of benzene rings is 21. The summed E-state index contributed by atoms with van der Waals surface area (Å²) >= 11 is 11.5. The Hall–Kier alpha value is -15.7. The molecule has 9 aromatic heterocycles. The third-order valence-corrected chi connectivity index (χ3v) is 36.4. The van der Waals surface area contributed by atoms with Gasteiger partial charge in [-0.1, -0.05) is 325 Å². The van der Waals surface area contributed by atoms with Crippen LogP contribution in [0.4, 0.5) is 0 Å².